The molecule has 0 atom stereocenters. The third-order valence-electron chi connectivity index (χ3n) is 3.75. The molecule has 2 rings (SSSR count). The summed E-state index contributed by atoms with van der Waals surface area (Å²) in [5, 5.41) is 3.60. The van der Waals surface area contributed by atoms with E-state index in [2.05, 4.69) is 5.32 Å². The van der Waals surface area contributed by atoms with Gasteiger partial charge in [-0.2, -0.15) is 0 Å². The van der Waals surface area contributed by atoms with Gasteiger partial charge in [-0.1, -0.05) is 48.0 Å². The fourth-order valence-electron chi connectivity index (χ4n) is 2.32. The summed E-state index contributed by atoms with van der Waals surface area (Å²) >= 11 is 6.12. The number of hydrogen-bond donors (Lipinski definition) is 1. The van der Waals surface area contributed by atoms with E-state index in [0.29, 0.717) is 17.3 Å². The third-order valence-corrected chi connectivity index (χ3v) is 4.11. The lowest BCUT2D eigenvalue weighted by Gasteiger charge is -2.26. The standard InChI is InChI=1S/C18H20ClNO2/c1-18(2,14-9-5-7-11-16(14)22-3)17(21)20-12-13-8-4-6-10-15(13)19/h4-11H,12H2,1-3H3,(H,20,21). The number of nitrogens with one attached hydrogen (secondary N) is 1. The lowest BCUT2D eigenvalue weighted by atomic mass is 9.83. The Kier molecular flexibility index (Phi) is 5.09. The Balaban J connectivity index is 2.15. The first-order valence-corrected chi connectivity index (χ1v) is 7.50. The van der Waals surface area contributed by atoms with Crippen molar-refractivity contribution in [3.63, 3.8) is 0 Å². The van der Waals surface area contributed by atoms with E-state index < -0.39 is 5.41 Å². The highest BCUT2D eigenvalue weighted by molar-refractivity contribution is 6.31. The zero-order chi connectivity index (χ0) is 16.2. The molecule has 22 heavy (non-hydrogen) atoms. The van der Waals surface area contributed by atoms with Crippen molar-refractivity contribution >= 4 is 17.5 Å². The fourth-order valence-corrected chi connectivity index (χ4v) is 2.52. The molecule has 0 saturated heterocycles. The second-order valence-electron chi connectivity index (χ2n) is 5.60. The van der Waals surface area contributed by atoms with Crippen molar-refractivity contribution in [3.05, 3.63) is 64.7 Å². The summed E-state index contributed by atoms with van der Waals surface area (Å²) in [7, 11) is 1.61. The van der Waals surface area contributed by atoms with E-state index in [4.69, 9.17) is 16.3 Å². The predicted octanol–water partition coefficient (Wildman–Crippen LogP) is 3.94. The number of carbonyl (C=O) groups is 1. The molecule has 0 spiro atoms. The minimum absolute atomic E-state index is 0.0723. The number of methoxy groups -OCH3 is 1. The van der Waals surface area contributed by atoms with Crippen molar-refractivity contribution in [2.75, 3.05) is 7.11 Å². The summed E-state index contributed by atoms with van der Waals surface area (Å²) in [6.07, 6.45) is 0. The van der Waals surface area contributed by atoms with Gasteiger partial charge in [0.25, 0.3) is 0 Å². The molecule has 0 unspecified atom stereocenters. The lowest BCUT2D eigenvalue weighted by molar-refractivity contribution is -0.125. The van der Waals surface area contributed by atoms with Gasteiger partial charge in [0, 0.05) is 17.1 Å². The van der Waals surface area contributed by atoms with Gasteiger partial charge in [0.05, 0.1) is 12.5 Å². The molecule has 0 aromatic heterocycles. The van der Waals surface area contributed by atoms with Crippen LogP contribution in [0.2, 0.25) is 5.02 Å². The SMILES string of the molecule is COc1ccccc1C(C)(C)C(=O)NCc1ccccc1Cl. The van der Waals surface area contributed by atoms with Crippen LogP contribution in [0, 0.1) is 0 Å². The maximum Gasteiger partial charge on any atom is 0.230 e. The van der Waals surface area contributed by atoms with E-state index in [1.165, 1.54) is 0 Å². The number of ether oxygens (including phenoxy) is 1. The van der Waals surface area contributed by atoms with Gasteiger partial charge in [0.1, 0.15) is 5.75 Å². The quantitative estimate of drug-likeness (QED) is 0.907. The average molecular weight is 318 g/mol. The van der Waals surface area contributed by atoms with Crippen LogP contribution < -0.4 is 10.1 Å². The maximum atomic E-state index is 12.6. The first kappa shape index (κ1) is 16.4. The molecule has 1 amide bonds. The molecule has 0 saturated carbocycles. The van der Waals surface area contributed by atoms with Crippen molar-refractivity contribution in [1.29, 1.82) is 0 Å². The average Bonchev–Trinajstić information content (AvgIpc) is 2.53. The lowest BCUT2D eigenvalue weighted by Crippen LogP contribution is -2.40. The number of carbonyl (C=O) groups excluding carboxylic acids is 1. The van der Waals surface area contributed by atoms with E-state index in [1.807, 2.05) is 62.4 Å². The number of rotatable bonds is 5. The number of para-hydroxylation sites is 1. The molecule has 0 aliphatic heterocycles. The molecular weight excluding hydrogens is 298 g/mol. The van der Waals surface area contributed by atoms with Crippen molar-refractivity contribution in [1.82, 2.24) is 5.32 Å². The van der Waals surface area contributed by atoms with E-state index in [0.717, 1.165) is 11.1 Å². The molecule has 0 aliphatic rings. The van der Waals surface area contributed by atoms with Crippen LogP contribution in [0.5, 0.6) is 5.75 Å². The van der Waals surface area contributed by atoms with Crippen LogP contribution in [0.3, 0.4) is 0 Å². The summed E-state index contributed by atoms with van der Waals surface area (Å²) in [4.78, 5) is 12.6. The molecule has 2 aromatic rings. The van der Waals surface area contributed by atoms with E-state index in [1.54, 1.807) is 7.11 Å². The Bertz CT molecular complexity index is 668. The second-order valence-corrected chi connectivity index (χ2v) is 6.01. The van der Waals surface area contributed by atoms with Crippen molar-refractivity contribution in [2.24, 2.45) is 0 Å². The van der Waals surface area contributed by atoms with Crippen LogP contribution in [0.15, 0.2) is 48.5 Å². The van der Waals surface area contributed by atoms with E-state index in [-0.39, 0.29) is 5.91 Å². The van der Waals surface area contributed by atoms with Gasteiger partial charge >= 0.3 is 0 Å². The molecule has 1 N–H and O–H groups in total. The fraction of sp³-hybridized carbons (Fsp3) is 0.278. The number of halogens is 1. The summed E-state index contributed by atoms with van der Waals surface area (Å²) < 4.78 is 5.36. The zero-order valence-corrected chi connectivity index (χ0v) is 13.8. The van der Waals surface area contributed by atoms with Crippen LogP contribution in [-0.2, 0) is 16.8 Å². The topological polar surface area (TPSA) is 38.3 Å². The van der Waals surface area contributed by atoms with Crippen LogP contribution in [0.1, 0.15) is 25.0 Å². The van der Waals surface area contributed by atoms with Crippen LogP contribution >= 0.6 is 11.6 Å². The zero-order valence-electron chi connectivity index (χ0n) is 13.0. The molecule has 0 radical (unpaired) electrons. The molecule has 116 valence electrons. The monoisotopic (exact) mass is 317 g/mol. The van der Waals surface area contributed by atoms with Gasteiger partial charge in [-0.15, -0.1) is 0 Å². The maximum absolute atomic E-state index is 12.6. The Morgan fingerprint density at radius 2 is 1.77 bits per heavy atom. The normalized spacial score (nSPS) is 11.1. The first-order chi connectivity index (χ1) is 10.5. The summed E-state index contributed by atoms with van der Waals surface area (Å²) in [6.45, 7) is 4.16. The van der Waals surface area contributed by atoms with Crippen LogP contribution in [0.25, 0.3) is 0 Å². The predicted molar refractivity (Wildman–Crippen MR) is 89.3 cm³/mol. The number of hydrogen-bond acceptors (Lipinski definition) is 2. The number of benzene rings is 2. The van der Waals surface area contributed by atoms with Crippen LogP contribution in [0.4, 0.5) is 0 Å². The molecule has 2 aromatic carbocycles. The van der Waals surface area contributed by atoms with Gasteiger partial charge < -0.3 is 10.1 Å². The summed E-state index contributed by atoms with van der Waals surface area (Å²) in [6, 6.07) is 15.0. The summed E-state index contributed by atoms with van der Waals surface area (Å²) in [5.74, 6) is 0.636. The molecule has 0 aliphatic carbocycles. The minimum atomic E-state index is -0.701. The Morgan fingerprint density at radius 1 is 1.14 bits per heavy atom. The second kappa shape index (κ2) is 6.84. The van der Waals surface area contributed by atoms with Crippen LogP contribution in [-0.4, -0.2) is 13.0 Å². The number of amides is 1. The minimum Gasteiger partial charge on any atom is -0.496 e. The summed E-state index contributed by atoms with van der Waals surface area (Å²) in [5.41, 5.74) is 1.05. The molecule has 3 nitrogen and oxygen atoms in total. The Labute approximate surface area is 136 Å². The van der Waals surface area contributed by atoms with Gasteiger partial charge in [0.2, 0.25) is 5.91 Å². The Hall–Kier alpha value is -2.00. The van der Waals surface area contributed by atoms with Crippen molar-refractivity contribution in [3.8, 4) is 5.75 Å². The molecule has 0 heterocycles. The van der Waals surface area contributed by atoms with Crippen molar-refractivity contribution in [2.45, 2.75) is 25.8 Å². The third kappa shape index (κ3) is 3.42. The smallest absolute Gasteiger partial charge is 0.230 e. The van der Waals surface area contributed by atoms with E-state index in [9.17, 15) is 4.79 Å². The van der Waals surface area contributed by atoms with Gasteiger partial charge in [-0.3, -0.25) is 4.79 Å². The van der Waals surface area contributed by atoms with Crippen molar-refractivity contribution < 1.29 is 9.53 Å². The largest absolute Gasteiger partial charge is 0.496 e. The highest BCUT2D eigenvalue weighted by atomic mass is 35.5. The highest BCUT2D eigenvalue weighted by Crippen LogP contribution is 2.31. The molecular formula is C18H20ClNO2. The highest BCUT2D eigenvalue weighted by Gasteiger charge is 2.32. The Morgan fingerprint density at radius 3 is 2.45 bits per heavy atom. The molecule has 0 bridgehead atoms. The van der Waals surface area contributed by atoms with Gasteiger partial charge in [-0.25, -0.2) is 0 Å². The molecule has 4 heteroatoms. The van der Waals surface area contributed by atoms with Gasteiger partial charge in [-0.05, 0) is 31.5 Å². The van der Waals surface area contributed by atoms with Gasteiger partial charge in [0.15, 0.2) is 0 Å². The first-order valence-electron chi connectivity index (χ1n) is 7.12. The van der Waals surface area contributed by atoms with E-state index >= 15 is 0 Å². The molecule has 0 fully saturated rings.